The Morgan fingerprint density at radius 3 is 2.67 bits per heavy atom. The highest BCUT2D eigenvalue weighted by Gasteiger charge is 2.42. The molecule has 1 aromatic rings. The lowest BCUT2D eigenvalue weighted by molar-refractivity contribution is -0.131. The molecule has 1 saturated carbocycles. The van der Waals surface area contributed by atoms with E-state index in [0.717, 1.165) is 11.0 Å². The molecule has 1 aromatic heterocycles. The van der Waals surface area contributed by atoms with Crippen LogP contribution in [0.15, 0.2) is 15.7 Å². The van der Waals surface area contributed by atoms with Crippen LogP contribution in [0.5, 0.6) is 0 Å². The summed E-state index contributed by atoms with van der Waals surface area (Å²) in [6.07, 6.45) is 1.81. The molecule has 2 amide bonds. The third-order valence-corrected chi connectivity index (χ3v) is 5.55. The van der Waals surface area contributed by atoms with Gasteiger partial charge in [0.15, 0.2) is 0 Å². The first-order chi connectivity index (χ1) is 12.8. The Morgan fingerprint density at radius 1 is 1.22 bits per heavy atom. The highest BCUT2D eigenvalue weighted by atomic mass is 16.5. The van der Waals surface area contributed by atoms with Gasteiger partial charge in [0.2, 0.25) is 5.91 Å². The minimum absolute atomic E-state index is 0.00472. The summed E-state index contributed by atoms with van der Waals surface area (Å²) in [6, 6.07) is 0.949. The van der Waals surface area contributed by atoms with Crippen molar-refractivity contribution >= 4 is 11.8 Å². The Labute approximate surface area is 156 Å². The van der Waals surface area contributed by atoms with Gasteiger partial charge in [-0.15, -0.1) is 0 Å². The lowest BCUT2D eigenvalue weighted by Gasteiger charge is -2.45. The fraction of sp³-hybridized carbons (Fsp3) is 0.667. The molecule has 0 bridgehead atoms. The Morgan fingerprint density at radius 2 is 1.96 bits per heavy atom. The molecule has 2 heterocycles. The van der Waals surface area contributed by atoms with Crippen LogP contribution in [0.25, 0.3) is 0 Å². The van der Waals surface area contributed by atoms with Crippen molar-refractivity contribution < 1.29 is 14.3 Å². The van der Waals surface area contributed by atoms with E-state index in [9.17, 15) is 19.2 Å². The average molecular weight is 378 g/mol. The molecular weight excluding hydrogens is 352 g/mol. The lowest BCUT2D eigenvalue weighted by Crippen LogP contribution is -2.58. The van der Waals surface area contributed by atoms with E-state index in [-0.39, 0.29) is 35.6 Å². The maximum Gasteiger partial charge on any atom is 0.331 e. The monoisotopic (exact) mass is 378 g/mol. The molecular formula is C18H26N4O5. The van der Waals surface area contributed by atoms with Crippen LogP contribution in [0.4, 0.5) is 0 Å². The molecule has 2 aliphatic rings. The van der Waals surface area contributed by atoms with Crippen LogP contribution in [0.2, 0.25) is 0 Å². The van der Waals surface area contributed by atoms with Crippen molar-refractivity contribution in [3.8, 4) is 0 Å². The van der Waals surface area contributed by atoms with E-state index in [1.807, 2.05) is 6.92 Å². The number of rotatable bonds is 3. The molecule has 1 aliphatic carbocycles. The zero-order valence-corrected chi connectivity index (χ0v) is 15.9. The Balaban J connectivity index is 1.89. The van der Waals surface area contributed by atoms with Gasteiger partial charge in [-0.05, 0) is 26.2 Å². The van der Waals surface area contributed by atoms with Crippen molar-refractivity contribution in [1.82, 2.24) is 19.4 Å². The second-order valence-electron chi connectivity index (χ2n) is 7.15. The molecule has 1 saturated heterocycles. The van der Waals surface area contributed by atoms with Crippen LogP contribution in [0.3, 0.4) is 0 Å². The van der Waals surface area contributed by atoms with Gasteiger partial charge >= 0.3 is 5.69 Å². The summed E-state index contributed by atoms with van der Waals surface area (Å²) in [5, 5.41) is 2.84. The highest BCUT2D eigenvalue weighted by Crippen LogP contribution is 2.33. The van der Waals surface area contributed by atoms with Crippen molar-refractivity contribution in [2.75, 3.05) is 19.7 Å². The zero-order chi connectivity index (χ0) is 19.7. The average Bonchev–Trinajstić information content (AvgIpc) is 2.68. The molecule has 1 aliphatic heterocycles. The summed E-state index contributed by atoms with van der Waals surface area (Å²) < 4.78 is 7.98. The smallest absolute Gasteiger partial charge is 0.331 e. The fourth-order valence-corrected chi connectivity index (χ4v) is 4.00. The number of hydrogen-bond donors (Lipinski definition) is 1. The first-order valence-electron chi connectivity index (χ1n) is 9.32. The fourth-order valence-electron chi connectivity index (χ4n) is 4.00. The standard InChI is InChI=1S/C18H26N4O5/c1-4-19-16(24)11-5-6-14-12(9-11)22(7-8-27-14)17(25)13-10-15(23)21(3)18(26)20(13)2/h10-12,14H,4-9H2,1-3H3,(H,19,24)/t11-,12+,14+/m0/s1. The second-order valence-corrected chi connectivity index (χ2v) is 7.15. The molecule has 0 aromatic carbocycles. The Kier molecular flexibility index (Phi) is 5.50. The number of nitrogens with one attached hydrogen (secondary N) is 1. The maximum absolute atomic E-state index is 13.2. The van der Waals surface area contributed by atoms with Crippen molar-refractivity contribution in [2.45, 2.75) is 38.3 Å². The Hall–Kier alpha value is -2.42. The number of morpholine rings is 1. The maximum atomic E-state index is 13.2. The Bertz CT molecular complexity index is 858. The molecule has 27 heavy (non-hydrogen) atoms. The van der Waals surface area contributed by atoms with Gasteiger partial charge in [-0.3, -0.25) is 23.5 Å². The van der Waals surface area contributed by atoms with Crippen LogP contribution >= 0.6 is 0 Å². The van der Waals surface area contributed by atoms with Crippen molar-refractivity contribution in [3.63, 3.8) is 0 Å². The SMILES string of the molecule is CCNC(=O)[C@H]1CC[C@H]2OCCN(C(=O)c3cc(=O)n(C)c(=O)n3C)[C@@H]2C1. The summed E-state index contributed by atoms with van der Waals surface area (Å²) in [7, 11) is 2.85. The quantitative estimate of drug-likeness (QED) is 0.744. The van der Waals surface area contributed by atoms with Crippen molar-refractivity contribution in [3.05, 3.63) is 32.6 Å². The summed E-state index contributed by atoms with van der Waals surface area (Å²) >= 11 is 0. The number of amides is 2. The van der Waals surface area contributed by atoms with E-state index < -0.39 is 11.2 Å². The first kappa shape index (κ1) is 19.3. The lowest BCUT2D eigenvalue weighted by atomic mass is 9.81. The third kappa shape index (κ3) is 3.55. The molecule has 3 atom stereocenters. The summed E-state index contributed by atoms with van der Waals surface area (Å²) in [5.74, 6) is -0.548. The molecule has 3 rings (SSSR count). The largest absolute Gasteiger partial charge is 0.374 e. The second kappa shape index (κ2) is 7.67. The number of hydrogen-bond acceptors (Lipinski definition) is 5. The molecule has 0 spiro atoms. The molecule has 0 unspecified atom stereocenters. The van der Waals surface area contributed by atoms with E-state index in [2.05, 4.69) is 5.32 Å². The van der Waals surface area contributed by atoms with Crippen LogP contribution in [0, 0.1) is 5.92 Å². The number of carbonyl (C=O) groups is 2. The predicted molar refractivity (Wildman–Crippen MR) is 97.5 cm³/mol. The molecule has 1 N–H and O–H groups in total. The van der Waals surface area contributed by atoms with Crippen LogP contribution < -0.4 is 16.6 Å². The van der Waals surface area contributed by atoms with Gasteiger partial charge in [-0.25, -0.2) is 4.79 Å². The first-order valence-corrected chi connectivity index (χ1v) is 9.32. The minimum Gasteiger partial charge on any atom is -0.374 e. The molecule has 0 radical (unpaired) electrons. The number of aromatic nitrogens is 2. The van der Waals surface area contributed by atoms with E-state index in [0.29, 0.717) is 32.5 Å². The van der Waals surface area contributed by atoms with Crippen LogP contribution in [-0.4, -0.2) is 57.7 Å². The van der Waals surface area contributed by atoms with Gasteiger partial charge < -0.3 is 15.0 Å². The van der Waals surface area contributed by atoms with Gasteiger partial charge in [-0.2, -0.15) is 0 Å². The number of nitrogens with zero attached hydrogens (tertiary/aromatic N) is 3. The summed E-state index contributed by atoms with van der Waals surface area (Å²) in [5.41, 5.74) is -1.00. The van der Waals surface area contributed by atoms with Gasteiger partial charge in [-0.1, -0.05) is 0 Å². The molecule has 9 heteroatoms. The molecule has 148 valence electrons. The minimum atomic E-state index is -0.542. The summed E-state index contributed by atoms with van der Waals surface area (Å²) in [6.45, 7) is 3.21. The van der Waals surface area contributed by atoms with Gasteiger partial charge in [0.1, 0.15) is 5.69 Å². The van der Waals surface area contributed by atoms with E-state index >= 15 is 0 Å². The molecule has 2 fully saturated rings. The molecule has 9 nitrogen and oxygen atoms in total. The van der Waals surface area contributed by atoms with E-state index in [1.165, 1.54) is 24.7 Å². The van der Waals surface area contributed by atoms with E-state index in [4.69, 9.17) is 4.74 Å². The number of ether oxygens (including phenoxy) is 1. The number of carbonyl (C=O) groups excluding carboxylic acids is 2. The summed E-state index contributed by atoms with van der Waals surface area (Å²) in [4.78, 5) is 51.2. The van der Waals surface area contributed by atoms with Crippen LogP contribution in [-0.2, 0) is 23.6 Å². The topological polar surface area (TPSA) is 103 Å². The highest BCUT2D eigenvalue weighted by molar-refractivity contribution is 5.93. The van der Waals surface area contributed by atoms with Crippen molar-refractivity contribution in [2.24, 2.45) is 20.0 Å². The predicted octanol–water partition coefficient (Wildman–Crippen LogP) is -0.770. The van der Waals surface area contributed by atoms with Crippen LogP contribution in [0.1, 0.15) is 36.7 Å². The zero-order valence-electron chi connectivity index (χ0n) is 15.9. The number of fused-ring (bicyclic) bond motifs is 1. The van der Waals surface area contributed by atoms with E-state index in [1.54, 1.807) is 4.90 Å². The van der Waals surface area contributed by atoms with Gasteiger partial charge in [0, 0.05) is 39.2 Å². The normalized spacial score (nSPS) is 25.0. The van der Waals surface area contributed by atoms with Gasteiger partial charge in [0.25, 0.3) is 11.5 Å². The van der Waals surface area contributed by atoms with Crippen molar-refractivity contribution in [1.29, 1.82) is 0 Å². The third-order valence-electron chi connectivity index (χ3n) is 5.55. The van der Waals surface area contributed by atoms with Gasteiger partial charge in [0.05, 0.1) is 18.8 Å².